The summed E-state index contributed by atoms with van der Waals surface area (Å²) in [4.78, 5) is 22.5. The average Bonchev–Trinajstić information content (AvgIpc) is 2.71. The maximum atomic E-state index is 14.0. The Morgan fingerprint density at radius 1 is 1.00 bits per heavy atom. The van der Waals surface area contributed by atoms with E-state index < -0.39 is 26.7 Å². The van der Waals surface area contributed by atoms with E-state index in [2.05, 4.69) is 10.0 Å². The van der Waals surface area contributed by atoms with Crippen molar-refractivity contribution in [3.05, 3.63) is 93.8 Å². The van der Waals surface area contributed by atoms with Crippen LogP contribution >= 0.6 is 0 Å². The number of aryl methyl sites for hydroxylation is 1. The second kappa shape index (κ2) is 8.29. The number of nitrogens with zero attached hydrogens (tertiary/aromatic N) is 1. The Kier molecular flexibility index (Phi) is 5.79. The molecular formula is C20H16FN3O5S. The van der Waals surface area contributed by atoms with Gasteiger partial charge in [0.1, 0.15) is 5.82 Å². The SMILES string of the molecule is Cc1ccc(F)c(NC(=O)c2ccccc2NS(=O)(=O)c2cccc([N+](=O)[O-])c2)c1. The maximum absolute atomic E-state index is 14.0. The van der Waals surface area contributed by atoms with Crippen LogP contribution in [0.15, 0.2) is 71.6 Å². The molecule has 0 heterocycles. The third-order valence-electron chi connectivity index (χ3n) is 4.12. The Morgan fingerprint density at radius 3 is 2.47 bits per heavy atom. The molecule has 3 rings (SSSR count). The summed E-state index contributed by atoms with van der Waals surface area (Å²) < 4.78 is 41.6. The molecule has 8 nitrogen and oxygen atoms in total. The number of hydrogen-bond donors (Lipinski definition) is 2. The van der Waals surface area contributed by atoms with Crippen molar-refractivity contribution >= 4 is 33.0 Å². The van der Waals surface area contributed by atoms with Crippen molar-refractivity contribution in [3.63, 3.8) is 0 Å². The Labute approximate surface area is 171 Å². The van der Waals surface area contributed by atoms with Crippen LogP contribution in [-0.4, -0.2) is 19.2 Å². The zero-order chi connectivity index (χ0) is 21.9. The second-order valence-electron chi connectivity index (χ2n) is 6.34. The standard InChI is InChI=1S/C20H16FN3O5S/c1-13-9-10-17(21)19(11-13)22-20(25)16-7-2-3-8-18(16)23-30(28,29)15-6-4-5-14(12-15)24(26)27/h2-12,23H,1H3,(H,22,25). The summed E-state index contributed by atoms with van der Waals surface area (Å²) in [5.74, 6) is -1.36. The first-order chi connectivity index (χ1) is 14.2. The van der Waals surface area contributed by atoms with Crippen LogP contribution in [0.3, 0.4) is 0 Å². The van der Waals surface area contributed by atoms with Crippen LogP contribution in [0.5, 0.6) is 0 Å². The van der Waals surface area contributed by atoms with Gasteiger partial charge < -0.3 is 5.32 Å². The van der Waals surface area contributed by atoms with E-state index in [9.17, 15) is 27.7 Å². The smallest absolute Gasteiger partial charge is 0.270 e. The molecule has 10 heteroatoms. The molecule has 0 radical (unpaired) electrons. The van der Waals surface area contributed by atoms with Gasteiger partial charge in [-0.05, 0) is 42.8 Å². The summed E-state index contributed by atoms with van der Waals surface area (Å²) in [5, 5.41) is 13.3. The molecular weight excluding hydrogens is 413 g/mol. The van der Waals surface area contributed by atoms with E-state index in [1.54, 1.807) is 13.0 Å². The van der Waals surface area contributed by atoms with Gasteiger partial charge in [-0.2, -0.15) is 0 Å². The molecule has 0 aliphatic heterocycles. The number of sulfonamides is 1. The molecule has 0 bridgehead atoms. The van der Waals surface area contributed by atoms with Crippen molar-refractivity contribution in [1.82, 2.24) is 0 Å². The normalized spacial score (nSPS) is 11.0. The lowest BCUT2D eigenvalue weighted by Crippen LogP contribution is -2.19. The van der Waals surface area contributed by atoms with Crippen molar-refractivity contribution in [1.29, 1.82) is 0 Å². The minimum absolute atomic E-state index is 0.0451. The van der Waals surface area contributed by atoms with Crippen LogP contribution in [0.1, 0.15) is 15.9 Å². The number of rotatable bonds is 6. The largest absolute Gasteiger partial charge is 0.319 e. The molecule has 0 aliphatic carbocycles. The molecule has 30 heavy (non-hydrogen) atoms. The van der Waals surface area contributed by atoms with Gasteiger partial charge in [-0.1, -0.05) is 24.3 Å². The highest BCUT2D eigenvalue weighted by Crippen LogP contribution is 2.24. The van der Waals surface area contributed by atoms with Crippen LogP contribution < -0.4 is 10.0 Å². The summed E-state index contributed by atoms with van der Waals surface area (Å²) in [6.07, 6.45) is 0. The number of halogens is 1. The van der Waals surface area contributed by atoms with Gasteiger partial charge in [0.2, 0.25) is 0 Å². The predicted octanol–water partition coefficient (Wildman–Crippen LogP) is 4.10. The van der Waals surface area contributed by atoms with E-state index in [1.165, 1.54) is 48.5 Å². The zero-order valence-electron chi connectivity index (χ0n) is 15.6. The highest BCUT2D eigenvalue weighted by atomic mass is 32.2. The summed E-state index contributed by atoms with van der Waals surface area (Å²) in [7, 11) is -4.22. The van der Waals surface area contributed by atoms with Crippen molar-refractivity contribution in [3.8, 4) is 0 Å². The molecule has 3 aromatic carbocycles. The monoisotopic (exact) mass is 429 g/mol. The Bertz CT molecular complexity index is 1240. The number of non-ortho nitro benzene ring substituents is 1. The highest BCUT2D eigenvalue weighted by Gasteiger charge is 2.21. The lowest BCUT2D eigenvalue weighted by Gasteiger charge is -2.13. The number of para-hydroxylation sites is 1. The Morgan fingerprint density at radius 2 is 1.73 bits per heavy atom. The topological polar surface area (TPSA) is 118 Å². The lowest BCUT2D eigenvalue weighted by molar-refractivity contribution is -0.385. The molecule has 0 saturated heterocycles. The third-order valence-corrected chi connectivity index (χ3v) is 5.49. The minimum Gasteiger partial charge on any atom is -0.319 e. The molecule has 0 fully saturated rings. The zero-order valence-corrected chi connectivity index (χ0v) is 16.4. The number of nitro groups is 1. The first kappa shape index (κ1) is 20.9. The predicted molar refractivity (Wildman–Crippen MR) is 109 cm³/mol. The first-order valence-electron chi connectivity index (χ1n) is 8.61. The van der Waals surface area contributed by atoms with Crippen LogP contribution in [0, 0.1) is 22.9 Å². The molecule has 0 spiro atoms. The van der Waals surface area contributed by atoms with Gasteiger partial charge in [0.15, 0.2) is 0 Å². The number of amides is 1. The molecule has 0 atom stereocenters. The van der Waals surface area contributed by atoms with E-state index >= 15 is 0 Å². The minimum atomic E-state index is -4.22. The quantitative estimate of drug-likeness (QED) is 0.452. The van der Waals surface area contributed by atoms with Gasteiger partial charge >= 0.3 is 0 Å². The van der Waals surface area contributed by atoms with Crippen molar-refractivity contribution in [2.75, 3.05) is 10.0 Å². The molecule has 0 saturated carbocycles. The molecule has 154 valence electrons. The fourth-order valence-electron chi connectivity index (χ4n) is 2.66. The van der Waals surface area contributed by atoms with Gasteiger partial charge in [0, 0.05) is 12.1 Å². The third kappa shape index (κ3) is 4.61. The van der Waals surface area contributed by atoms with Gasteiger partial charge in [-0.25, -0.2) is 12.8 Å². The van der Waals surface area contributed by atoms with Crippen molar-refractivity contribution < 1.29 is 22.5 Å². The van der Waals surface area contributed by atoms with Gasteiger partial charge in [-0.15, -0.1) is 0 Å². The summed E-state index contributed by atoms with van der Waals surface area (Å²) in [6.45, 7) is 1.73. The molecule has 1 amide bonds. The fourth-order valence-corrected chi connectivity index (χ4v) is 3.78. The van der Waals surface area contributed by atoms with E-state index in [0.717, 1.165) is 17.7 Å². The molecule has 0 aromatic heterocycles. The van der Waals surface area contributed by atoms with Gasteiger partial charge in [0.05, 0.1) is 26.8 Å². The maximum Gasteiger partial charge on any atom is 0.270 e. The van der Waals surface area contributed by atoms with E-state index in [1.807, 2.05) is 0 Å². The van der Waals surface area contributed by atoms with Crippen LogP contribution in [0.25, 0.3) is 0 Å². The number of benzene rings is 3. The number of carbonyl (C=O) groups excluding carboxylic acids is 1. The summed E-state index contributed by atoms with van der Waals surface area (Å²) >= 11 is 0. The van der Waals surface area contributed by atoms with Crippen LogP contribution in [0.2, 0.25) is 0 Å². The second-order valence-corrected chi connectivity index (χ2v) is 8.03. The number of anilines is 2. The van der Waals surface area contributed by atoms with Crippen molar-refractivity contribution in [2.24, 2.45) is 0 Å². The van der Waals surface area contributed by atoms with Gasteiger partial charge in [-0.3, -0.25) is 19.6 Å². The molecule has 0 unspecified atom stereocenters. The van der Waals surface area contributed by atoms with Gasteiger partial charge in [0.25, 0.3) is 21.6 Å². The van der Waals surface area contributed by atoms with E-state index in [0.29, 0.717) is 0 Å². The van der Waals surface area contributed by atoms with E-state index in [-0.39, 0.29) is 27.5 Å². The fraction of sp³-hybridized carbons (Fsp3) is 0.0500. The summed E-state index contributed by atoms with van der Waals surface area (Å²) in [6, 6.07) is 14.5. The lowest BCUT2D eigenvalue weighted by atomic mass is 10.1. The highest BCUT2D eigenvalue weighted by molar-refractivity contribution is 7.92. The first-order valence-corrected chi connectivity index (χ1v) is 10.1. The summed E-state index contributed by atoms with van der Waals surface area (Å²) in [5.41, 5.74) is 0.184. The van der Waals surface area contributed by atoms with Crippen LogP contribution in [0.4, 0.5) is 21.5 Å². The molecule has 2 N–H and O–H groups in total. The van der Waals surface area contributed by atoms with Crippen LogP contribution in [-0.2, 0) is 10.0 Å². The number of hydrogen-bond acceptors (Lipinski definition) is 5. The van der Waals surface area contributed by atoms with Crippen molar-refractivity contribution in [2.45, 2.75) is 11.8 Å². The Balaban J connectivity index is 1.91. The average molecular weight is 429 g/mol. The Hall–Kier alpha value is -3.79. The number of nitro benzene ring substituents is 1. The molecule has 0 aliphatic rings. The number of nitrogens with one attached hydrogen (secondary N) is 2. The molecule has 3 aromatic rings. The number of carbonyl (C=O) groups is 1. The van der Waals surface area contributed by atoms with E-state index in [4.69, 9.17) is 0 Å².